The zero-order valence-corrected chi connectivity index (χ0v) is 12.8. The molecule has 2 N–H and O–H groups in total. The van der Waals surface area contributed by atoms with E-state index in [4.69, 9.17) is 5.73 Å². The highest BCUT2D eigenvalue weighted by molar-refractivity contribution is 9.10. The van der Waals surface area contributed by atoms with Crippen molar-refractivity contribution in [2.45, 2.75) is 10.6 Å². The predicted molar refractivity (Wildman–Crippen MR) is 75.8 cm³/mol. The molecule has 2 aromatic rings. The largest absolute Gasteiger partial charge is 0.399 e. The molecule has 0 aromatic heterocycles. The monoisotopic (exact) mass is 379 g/mol. The molecule has 0 radical (unpaired) electrons. The number of halogens is 4. The molecule has 0 saturated carbocycles. The van der Waals surface area contributed by atoms with Gasteiger partial charge in [0.2, 0.25) is 0 Å². The van der Waals surface area contributed by atoms with E-state index in [-0.39, 0.29) is 15.7 Å². The van der Waals surface area contributed by atoms with Gasteiger partial charge >= 0.3 is 0 Å². The molecular formula is C13H9BrF3NO2S. The molecule has 0 bridgehead atoms. The normalized spacial score (nSPS) is 11.6. The lowest BCUT2D eigenvalue weighted by Gasteiger charge is -2.08. The fourth-order valence-electron chi connectivity index (χ4n) is 1.80. The lowest BCUT2D eigenvalue weighted by atomic mass is 10.2. The SMILES string of the molecule is Nc1cc(F)c(S(=O)(=O)Cc2ccc(F)c(Br)c2)c(F)c1. The van der Waals surface area contributed by atoms with Gasteiger partial charge in [0, 0.05) is 5.69 Å². The Labute approximate surface area is 127 Å². The number of hydrogen-bond acceptors (Lipinski definition) is 3. The molecule has 0 unspecified atom stereocenters. The summed E-state index contributed by atoms with van der Waals surface area (Å²) < 4.78 is 64.8. The summed E-state index contributed by atoms with van der Waals surface area (Å²) in [7, 11) is -4.27. The van der Waals surface area contributed by atoms with E-state index in [0.717, 1.165) is 18.2 Å². The Bertz CT molecular complexity index is 786. The lowest BCUT2D eigenvalue weighted by Crippen LogP contribution is -2.10. The van der Waals surface area contributed by atoms with Crippen molar-refractivity contribution in [3.63, 3.8) is 0 Å². The van der Waals surface area contributed by atoms with Crippen LogP contribution >= 0.6 is 15.9 Å². The van der Waals surface area contributed by atoms with Crippen LogP contribution in [0.1, 0.15) is 5.56 Å². The number of nitrogens with two attached hydrogens (primary N) is 1. The molecule has 0 atom stereocenters. The second kappa shape index (κ2) is 5.69. The average Bonchev–Trinajstić information content (AvgIpc) is 2.31. The van der Waals surface area contributed by atoms with Gasteiger partial charge in [-0.15, -0.1) is 0 Å². The number of hydrogen-bond donors (Lipinski definition) is 1. The van der Waals surface area contributed by atoms with Crippen molar-refractivity contribution in [2.75, 3.05) is 5.73 Å². The quantitative estimate of drug-likeness (QED) is 0.831. The van der Waals surface area contributed by atoms with Crippen LogP contribution in [0, 0.1) is 17.5 Å². The maximum atomic E-state index is 13.7. The van der Waals surface area contributed by atoms with Crippen LogP contribution in [-0.4, -0.2) is 8.42 Å². The molecule has 0 heterocycles. The molecule has 0 amide bonds. The molecule has 0 aliphatic heterocycles. The van der Waals surface area contributed by atoms with Crippen molar-refractivity contribution >= 4 is 31.5 Å². The van der Waals surface area contributed by atoms with E-state index in [1.165, 1.54) is 12.1 Å². The number of nitrogen functional groups attached to an aromatic ring is 1. The zero-order valence-electron chi connectivity index (χ0n) is 10.4. The topological polar surface area (TPSA) is 60.2 Å². The van der Waals surface area contributed by atoms with E-state index in [2.05, 4.69) is 15.9 Å². The number of benzene rings is 2. The minimum Gasteiger partial charge on any atom is -0.399 e. The van der Waals surface area contributed by atoms with E-state index < -0.39 is 37.9 Å². The second-order valence-corrected chi connectivity index (χ2v) is 7.10. The Morgan fingerprint density at radius 1 is 1.00 bits per heavy atom. The van der Waals surface area contributed by atoms with Gasteiger partial charge in [0.25, 0.3) is 0 Å². The van der Waals surface area contributed by atoms with Crippen molar-refractivity contribution in [1.82, 2.24) is 0 Å². The first-order valence-corrected chi connectivity index (χ1v) is 8.06. The molecule has 112 valence electrons. The Morgan fingerprint density at radius 3 is 2.10 bits per heavy atom. The smallest absolute Gasteiger partial charge is 0.188 e. The van der Waals surface area contributed by atoms with Gasteiger partial charge in [-0.3, -0.25) is 0 Å². The summed E-state index contributed by atoms with van der Waals surface area (Å²) >= 11 is 2.91. The summed E-state index contributed by atoms with van der Waals surface area (Å²) in [6, 6.07) is 4.99. The van der Waals surface area contributed by atoms with Crippen molar-refractivity contribution in [2.24, 2.45) is 0 Å². The molecule has 0 spiro atoms. The van der Waals surface area contributed by atoms with Crippen LogP contribution in [0.25, 0.3) is 0 Å². The average molecular weight is 380 g/mol. The summed E-state index contributed by atoms with van der Waals surface area (Å²) in [5.74, 6) is -3.74. The third-order valence-electron chi connectivity index (χ3n) is 2.67. The molecule has 3 nitrogen and oxygen atoms in total. The van der Waals surface area contributed by atoms with Crippen molar-refractivity contribution in [3.05, 3.63) is 57.8 Å². The maximum absolute atomic E-state index is 13.7. The summed E-state index contributed by atoms with van der Waals surface area (Å²) in [5.41, 5.74) is 5.22. The van der Waals surface area contributed by atoms with Gasteiger partial charge in [0.1, 0.15) is 22.3 Å². The van der Waals surface area contributed by atoms with Crippen LogP contribution < -0.4 is 5.73 Å². The molecule has 2 rings (SSSR count). The van der Waals surface area contributed by atoms with Gasteiger partial charge in [0.05, 0.1) is 10.2 Å². The summed E-state index contributed by atoms with van der Waals surface area (Å²) in [5, 5.41) is 0. The molecule has 21 heavy (non-hydrogen) atoms. The van der Waals surface area contributed by atoms with Gasteiger partial charge in [0.15, 0.2) is 9.84 Å². The molecule has 0 fully saturated rings. The van der Waals surface area contributed by atoms with Gasteiger partial charge in [-0.25, -0.2) is 21.6 Å². The molecule has 0 aliphatic carbocycles. The van der Waals surface area contributed by atoms with Crippen LogP contribution in [0.4, 0.5) is 18.9 Å². The van der Waals surface area contributed by atoms with Crippen molar-refractivity contribution in [1.29, 1.82) is 0 Å². The Hall–Kier alpha value is -1.54. The first kappa shape index (κ1) is 15.8. The first-order chi connectivity index (χ1) is 9.70. The lowest BCUT2D eigenvalue weighted by molar-refractivity contribution is 0.520. The minimum absolute atomic E-state index is 0.0634. The number of anilines is 1. The van der Waals surface area contributed by atoms with Gasteiger partial charge in [-0.2, -0.15) is 0 Å². The van der Waals surface area contributed by atoms with Gasteiger partial charge < -0.3 is 5.73 Å². The fourth-order valence-corrected chi connectivity index (χ4v) is 3.70. The molecule has 2 aromatic carbocycles. The van der Waals surface area contributed by atoms with E-state index in [9.17, 15) is 21.6 Å². The van der Waals surface area contributed by atoms with Crippen molar-refractivity contribution < 1.29 is 21.6 Å². The maximum Gasteiger partial charge on any atom is 0.188 e. The predicted octanol–water partition coefficient (Wildman–Crippen LogP) is 3.42. The highest BCUT2D eigenvalue weighted by Crippen LogP contribution is 2.26. The Kier molecular flexibility index (Phi) is 4.29. The van der Waals surface area contributed by atoms with Crippen LogP contribution in [-0.2, 0) is 15.6 Å². The number of rotatable bonds is 3. The summed E-state index contributed by atoms with van der Waals surface area (Å²) in [6.07, 6.45) is 0. The zero-order chi connectivity index (χ0) is 15.8. The Balaban J connectivity index is 2.46. The molecular weight excluding hydrogens is 371 g/mol. The summed E-state index contributed by atoms with van der Waals surface area (Å²) in [6.45, 7) is 0. The van der Waals surface area contributed by atoms with Crippen LogP contribution in [0.15, 0.2) is 39.7 Å². The highest BCUT2D eigenvalue weighted by Gasteiger charge is 2.25. The molecule has 8 heteroatoms. The standard InChI is InChI=1S/C13H9BrF3NO2S/c14-9-3-7(1-2-10(9)15)6-21(19,20)13-11(16)4-8(18)5-12(13)17/h1-5H,6,18H2. The van der Waals surface area contributed by atoms with E-state index in [1.807, 2.05) is 0 Å². The summed E-state index contributed by atoms with van der Waals surface area (Å²) in [4.78, 5) is -1.04. The molecule has 0 saturated heterocycles. The second-order valence-electron chi connectivity index (χ2n) is 4.32. The van der Waals surface area contributed by atoms with E-state index in [1.54, 1.807) is 0 Å². The fraction of sp³-hybridized carbons (Fsp3) is 0.0769. The van der Waals surface area contributed by atoms with Crippen molar-refractivity contribution in [3.8, 4) is 0 Å². The van der Waals surface area contributed by atoms with Gasteiger partial charge in [-0.05, 0) is 45.8 Å². The molecule has 0 aliphatic rings. The minimum atomic E-state index is -4.27. The third-order valence-corrected chi connectivity index (χ3v) is 5.01. The highest BCUT2D eigenvalue weighted by atomic mass is 79.9. The van der Waals surface area contributed by atoms with Crippen LogP contribution in [0.5, 0.6) is 0 Å². The third kappa shape index (κ3) is 3.38. The number of sulfone groups is 1. The Morgan fingerprint density at radius 2 is 1.57 bits per heavy atom. The van der Waals surface area contributed by atoms with Crippen LogP contribution in [0.2, 0.25) is 0 Å². The van der Waals surface area contributed by atoms with Crippen LogP contribution in [0.3, 0.4) is 0 Å². The van der Waals surface area contributed by atoms with E-state index in [0.29, 0.717) is 0 Å². The first-order valence-electron chi connectivity index (χ1n) is 5.62. The van der Waals surface area contributed by atoms with E-state index >= 15 is 0 Å². The van der Waals surface area contributed by atoms with Gasteiger partial charge in [-0.1, -0.05) is 6.07 Å².